The quantitative estimate of drug-likeness (QED) is 0.771. The zero-order valence-corrected chi connectivity index (χ0v) is 15.0. The van der Waals surface area contributed by atoms with E-state index in [1.165, 1.54) is 6.39 Å². The van der Waals surface area contributed by atoms with Gasteiger partial charge in [0.15, 0.2) is 12.2 Å². The molecule has 1 amide bonds. The maximum Gasteiger partial charge on any atom is 0.254 e. The first-order valence-corrected chi connectivity index (χ1v) is 9.18. The second-order valence-electron chi connectivity index (χ2n) is 7.09. The van der Waals surface area contributed by atoms with E-state index in [4.69, 9.17) is 4.42 Å². The van der Waals surface area contributed by atoms with Crippen molar-refractivity contribution >= 4 is 5.91 Å². The Kier molecular flexibility index (Phi) is 4.77. The van der Waals surface area contributed by atoms with Crippen molar-refractivity contribution in [2.75, 3.05) is 13.1 Å². The lowest BCUT2D eigenvalue weighted by Gasteiger charge is -2.38. The Morgan fingerprint density at radius 2 is 1.78 bits per heavy atom. The third-order valence-corrected chi connectivity index (χ3v) is 5.21. The summed E-state index contributed by atoms with van der Waals surface area (Å²) < 4.78 is 5.38. The minimum Gasteiger partial charge on any atom is -0.443 e. The molecule has 1 fully saturated rings. The van der Waals surface area contributed by atoms with E-state index in [0.29, 0.717) is 43.7 Å². The van der Waals surface area contributed by atoms with Crippen LogP contribution in [0.3, 0.4) is 0 Å². The van der Waals surface area contributed by atoms with Crippen molar-refractivity contribution in [1.29, 1.82) is 0 Å². The minimum absolute atomic E-state index is 0.0382. The Labute approximate surface area is 158 Å². The Balaban J connectivity index is 1.47. The van der Waals surface area contributed by atoms with Crippen molar-refractivity contribution in [3.05, 3.63) is 78.3 Å². The number of hydrogen-bond acceptors (Lipinski definition) is 4. The Morgan fingerprint density at radius 1 is 1.07 bits per heavy atom. The molecule has 2 aromatic carbocycles. The van der Waals surface area contributed by atoms with Gasteiger partial charge in [0.25, 0.3) is 5.91 Å². The molecular weight excluding hydrogens is 340 g/mol. The second-order valence-corrected chi connectivity index (χ2v) is 7.09. The molecule has 138 valence electrons. The number of aromatic nitrogens is 1. The van der Waals surface area contributed by atoms with Crippen molar-refractivity contribution in [2.45, 2.75) is 24.9 Å². The van der Waals surface area contributed by atoms with Gasteiger partial charge in [-0.05, 0) is 24.5 Å². The third kappa shape index (κ3) is 3.78. The average Bonchev–Trinajstić information content (AvgIpc) is 3.23. The van der Waals surface area contributed by atoms with Crippen LogP contribution in [0.1, 0.15) is 28.8 Å². The number of aliphatic hydroxyl groups is 1. The van der Waals surface area contributed by atoms with Gasteiger partial charge in [0.2, 0.25) is 0 Å². The molecule has 0 radical (unpaired) electrons. The average molecular weight is 362 g/mol. The summed E-state index contributed by atoms with van der Waals surface area (Å²) in [5, 5.41) is 10.9. The highest BCUT2D eigenvalue weighted by Gasteiger charge is 2.34. The predicted molar refractivity (Wildman–Crippen MR) is 102 cm³/mol. The molecule has 0 saturated carbocycles. The van der Waals surface area contributed by atoms with Gasteiger partial charge in [-0.15, -0.1) is 0 Å². The molecule has 1 aliphatic rings. The number of oxazole rings is 1. The third-order valence-electron chi connectivity index (χ3n) is 5.21. The topological polar surface area (TPSA) is 66.6 Å². The summed E-state index contributed by atoms with van der Waals surface area (Å²) in [6, 6.07) is 17.4. The molecule has 1 saturated heterocycles. The zero-order chi connectivity index (χ0) is 18.7. The van der Waals surface area contributed by atoms with E-state index in [0.717, 1.165) is 11.1 Å². The molecule has 0 bridgehead atoms. The van der Waals surface area contributed by atoms with Crippen LogP contribution in [0.2, 0.25) is 0 Å². The van der Waals surface area contributed by atoms with Crippen LogP contribution in [0.25, 0.3) is 11.3 Å². The molecule has 0 spiro atoms. The van der Waals surface area contributed by atoms with Crippen LogP contribution in [0.4, 0.5) is 0 Å². The van der Waals surface area contributed by atoms with E-state index in [-0.39, 0.29) is 5.91 Å². The molecule has 1 aliphatic heterocycles. The second kappa shape index (κ2) is 7.37. The molecule has 5 nitrogen and oxygen atoms in total. The zero-order valence-electron chi connectivity index (χ0n) is 15.0. The summed E-state index contributed by atoms with van der Waals surface area (Å²) in [4.78, 5) is 18.8. The van der Waals surface area contributed by atoms with Crippen LogP contribution >= 0.6 is 0 Å². The van der Waals surface area contributed by atoms with Gasteiger partial charge < -0.3 is 14.4 Å². The Bertz CT molecular complexity index is 898. The lowest BCUT2D eigenvalue weighted by Crippen LogP contribution is -2.47. The van der Waals surface area contributed by atoms with Crippen LogP contribution in [0, 0.1) is 0 Å². The van der Waals surface area contributed by atoms with E-state index >= 15 is 0 Å². The monoisotopic (exact) mass is 362 g/mol. The number of piperidine rings is 1. The van der Waals surface area contributed by atoms with Gasteiger partial charge in [0, 0.05) is 25.1 Å². The van der Waals surface area contributed by atoms with Gasteiger partial charge in [-0.25, -0.2) is 4.98 Å². The molecule has 1 N–H and O–H groups in total. The van der Waals surface area contributed by atoms with Crippen molar-refractivity contribution < 1.29 is 14.3 Å². The largest absolute Gasteiger partial charge is 0.443 e. The number of benzene rings is 2. The van der Waals surface area contributed by atoms with Gasteiger partial charge >= 0.3 is 0 Å². The molecule has 0 aliphatic carbocycles. The molecule has 27 heavy (non-hydrogen) atoms. The van der Waals surface area contributed by atoms with Crippen LogP contribution in [0.5, 0.6) is 0 Å². The fourth-order valence-electron chi connectivity index (χ4n) is 3.68. The van der Waals surface area contributed by atoms with Crippen LogP contribution in [0.15, 0.2) is 71.6 Å². The van der Waals surface area contributed by atoms with E-state index in [9.17, 15) is 9.90 Å². The summed E-state index contributed by atoms with van der Waals surface area (Å²) in [6.07, 6.45) is 4.73. The summed E-state index contributed by atoms with van der Waals surface area (Å²) in [7, 11) is 0. The van der Waals surface area contributed by atoms with Gasteiger partial charge in [-0.3, -0.25) is 4.79 Å². The van der Waals surface area contributed by atoms with Crippen LogP contribution in [-0.2, 0) is 6.42 Å². The van der Waals surface area contributed by atoms with Crippen LogP contribution < -0.4 is 0 Å². The maximum absolute atomic E-state index is 13.1. The Morgan fingerprint density at radius 3 is 2.48 bits per heavy atom. The molecule has 4 rings (SSSR count). The highest BCUT2D eigenvalue weighted by molar-refractivity contribution is 6.00. The fraction of sp³-hybridized carbons (Fsp3) is 0.273. The standard InChI is InChI=1S/C22H22N2O3/c25-21(19-9-5-4-8-18(19)20-15-23-16-27-20)24-12-10-22(26,11-13-24)14-17-6-2-1-3-7-17/h1-9,15-16,26H,10-14H2. The number of amides is 1. The molecule has 1 aromatic heterocycles. The van der Waals surface area contributed by atoms with Crippen molar-refractivity contribution in [3.8, 4) is 11.3 Å². The summed E-state index contributed by atoms with van der Waals surface area (Å²) >= 11 is 0. The lowest BCUT2D eigenvalue weighted by atomic mass is 9.85. The SMILES string of the molecule is O=C(c1ccccc1-c1cnco1)N1CCC(O)(Cc2ccccc2)CC1. The van der Waals surface area contributed by atoms with E-state index in [1.807, 2.05) is 59.5 Å². The first kappa shape index (κ1) is 17.5. The Hall–Kier alpha value is -2.92. The minimum atomic E-state index is -0.761. The highest BCUT2D eigenvalue weighted by atomic mass is 16.3. The first-order chi connectivity index (χ1) is 13.1. The van der Waals surface area contributed by atoms with Gasteiger partial charge in [0.05, 0.1) is 17.4 Å². The molecule has 5 heteroatoms. The molecule has 0 atom stereocenters. The number of carbonyl (C=O) groups is 1. The maximum atomic E-state index is 13.1. The highest BCUT2D eigenvalue weighted by Crippen LogP contribution is 2.29. The summed E-state index contributed by atoms with van der Waals surface area (Å²) in [5.74, 6) is 0.542. The number of carbonyl (C=O) groups excluding carboxylic acids is 1. The fourth-order valence-corrected chi connectivity index (χ4v) is 3.68. The number of nitrogens with zero attached hydrogens (tertiary/aromatic N) is 2. The summed E-state index contributed by atoms with van der Waals surface area (Å²) in [6.45, 7) is 1.07. The van der Waals surface area contributed by atoms with Crippen molar-refractivity contribution in [2.24, 2.45) is 0 Å². The van der Waals surface area contributed by atoms with Gasteiger partial charge in [-0.1, -0.05) is 48.5 Å². The first-order valence-electron chi connectivity index (χ1n) is 9.18. The number of hydrogen-bond donors (Lipinski definition) is 1. The van der Waals surface area contributed by atoms with Crippen LogP contribution in [-0.4, -0.2) is 39.6 Å². The molecule has 0 unspecified atom stereocenters. The lowest BCUT2D eigenvalue weighted by molar-refractivity contribution is -0.0162. The molecule has 2 heterocycles. The smallest absolute Gasteiger partial charge is 0.254 e. The molecule has 3 aromatic rings. The van der Waals surface area contributed by atoms with Gasteiger partial charge in [0.1, 0.15) is 0 Å². The van der Waals surface area contributed by atoms with Gasteiger partial charge in [-0.2, -0.15) is 0 Å². The molecular formula is C22H22N2O3. The number of likely N-dealkylation sites (tertiary alicyclic amines) is 1. The number of rotatable bonds is 4. The van der Waals surface area contributed by atoms with Crippen molar-refractivity contribution in [3.63, 3.8) is 0 Å². The van der Waals surface area contributed by atoms with Crippen molar-refractivity contribution in [1.82, 2.24) is 9.88 Å². The summed E-state index contributed by atoms with van der Waals surface area (Å²) in [5.41, 5.74) is 1.70. The van der Waals surface area contributed by atoms with E-state index in [2.05, 4.69) is 4.98 Å². The predicted octanol–water partition coefficient (Wildman–Crippen LogP) is 3.55. The normalized spacial score (nSPS) is 16.3. The van der Waals surface area contributed by atoms with E-state index in [1.54, 1.807) is 6.20 Å². The van der Waals surface area contributed by atoms with E-state index < -0.39 is 5.60 Å².